The number of hydrogen-bond donors (Lipinski definition) is 2. The van der Waals surface area contributed by atoms with Gasteiger partial charge in [0.2, 0.25) is 10.0 Å². The van der Waals surface area contributed by atoms with Crippen molar-refractivity contribution in [2.45, 2.75) is 29.6 Å². The second-order valence-corrected chi connectivity index (χ2v) is 7.11. The van der Waals surface area contributed by atoms with Gasteiger partial charge in [-0.25, -0.2) is 13.6 Å². The largest absolute Gasteiger partial charge is 0.378 e. The zero-order valence-electron chi connectivity index (χ0n) is 12.3. The molecule has 0 radical (unpaired) electrons. The van der Waals surface area contributed by atoms with E-state index in [1.807, 2.05) is 24.3 Å². The predicted octanol–water partition coefficient (Wildman–Crippen LogP) is 3.79. The van der Waals surface area contributed by atoms with Crippen molar-refractivity contribution in [3.63, 3.8) is 0 Å². The molecule has 0 spiro atoms. The van der Waals surface area contributed by atoms with Gasteiger partial charge in [-0.15, -0.1) is 0 Å². The summed E-state index contributed by atoms with van der Waals surface area (Å²) in [6.07, 6.45) is 0.884. The fourth-order valence-corrected chi connectivity index (χ4v) is 3.80. The standard InChI is InChI=1S/C16H19BrN2O2S/c1-2-15(12-6-4-3-5-7-12)19-14-9-8-13(11-17)16(10-14)22(18,20)21/h3-10,15,19H,2,11H2,1H3,(H2,18,20,21)/t15-/m0/s1. The van der Waals surface area contributed by atoms with Crippen LogP contribution in [0.15, 0.2) is 53.4 Å². The zero-order valence-corrected chi connectivity index (χ0v) is 14.7. The summed E-state index contributed by atoms with van der Waals surface area (Å²) in [6.45, 7) is 2.08. The lowest BCUT2D eigenvalue weighted by Crippen LogP contribution is -2.15. The van der Waals surface area contributed by atoms with Crippen LogP contribution >= 0.6 is 15.9 Å². The highest BCUT2D eigenvalue weighted by Crippen LogP contribution is 2.26. The number of sulfonamides is 1. The first-order chi connectivity index (χ1) is 10.5. The van der Waals surface area contributed by atoms with Crippen molar-refractivity contribution in [2.75, 3.05) is 5.32 Å². The van der Waals surface area contributed by atoms with Gasteiger partial charge in [-0.1, -0.05) is 59.3 Å². The van der Waals surface area contributed by atoms with Crippen LogP contribution in [0.25, 0.3) is 0 Å². The number of nitrogens with two attached hydrogens (primary N) is 1. The molecule has 2 rings (SSSR count). The molecule has 0 bridgehead atoms. The highest BCUT2D eigenvalue weighted by Gasteiger charge is 2.15. The molecule has 0 amide bonds. The maximum atomic E-state index is 11.7. The topological polar surface area (TPSA) is 72.2 Å². The lowest BCUT2D eigenvalue weighted by molar-refractivity contribution is 0.597. The quantitative estimate of drug-likeness (QED) is 0.746. The maximum Gasteiger partial charge on any atom is 0.238 e. The molecular formula is C16H19BrN2O2S. The molecule has 0 unspecified atom stereocenters. The minimum atomic E-state index is -3.75. The minimum Gasteiger partial charge on any atom is -0.378 e. The Morgan fingerprint density at radius 1 is 1.18 bits per heavy atom. The molecule has 1 atom stereocenters. The van der Waals surface area contributed by atoms with Crippen LogP contribution in [0.5, 0.6) is 0 Å². The number of rotatable bonds is 6. The van der Waals surface area contributed by atoms with Crippen LogP contribution in [0.2, 0.25) is 0 Å². The van der Waals surface area contributed by atoms with Crippen LogP contribution in [0.3, 0.4) is 0 Å². The Labute approximate surface area is 139 Å². The van der Waals surface area contributed by atoms with Gasteiger partial charge in [-0.3, -0.25) is 0 Å². The van der Waals surface area contributed by atoms with Gasteiger partial charge < -0.3 is 5.32 Å². The van der Waals surface area contributed by atoms with Gasteiger partial charge >= 0.3 is 0 Å². The molecule has 0 aliphatic heterocycles. The lowest BCUT2D eigenvalue weighted by atomic mass is 10.0. The molecule has 2 aromatic carbocycles. The normalized spacial score (nSPS) is 12.9. The highest BCUT2D eigenvalue weighted by atomic mass is 79.9. The third-order valence-corrected chi connectivity index (χ3v) is 5.07. The molecule has 2 aromatic rings. The van der Waals surface area contributed by atoms with Gasteiger partial charge in [0.05, 0.1) is 10.9 Å². The van der Waals surface area contributed by atoms with E-state index >= 15 is 0 Å². The van der Waals surface area contributed by atoms with Crippen molar-refractivity contribution >= 4 is 31.6 Å². The average Bonchev–Trinajstić information content (AvgIpc) is 2.52. The summed E-state index contributed by atoms with van der Waals surface area (Å²) in [6, 6.07) is 15.4. The Kier molecular flexibility index (Phi) is 5.61. The van der Waals surface area contributed by atoms with Gasteiger partial charge in [0.15, 0.2) is 0 Å². The van der Waals surface area contributed by atoms with Crippen LogP contribution in [0, 0.1) is 0 Å². The van der Waals surface area contributed by atoms with E-state index in [9.17, 15) is 8.42 Å². The Morgan fingerprint density at radius 2 is 1.86 bits per heavy atom. The van der Waals surface area contributed by atoms with E-state index in [1.165, 1.54) is 0 Å². The molecule has 4 nitrogen and oxygen atoms in total. The van der Waals surface area contributed by atoms with E-state index in [1.54, 1.807) is 12.1 Å². The summed E-state index contributed by atoms with van der Waals surface area (Å²) in [5.41, 5.74) is 2.55. The van der Waals surface area contributed by atoms with E-state index in [-0.39, 0.29) is 10.9 Å². The van der Waals surface area contributed by atoms with Gasteiger partial charge in [-0.2, -0.15) is 0 Å². The number of hydrogen-bond acceptors (Lipinski definition) is 3. The van der Waals surface area contributed by atoms with E-state index in [0.29, 0.717) is 10.9 Å². The molecule has 0 heterocycles. The Bertz CT molecular complexity index is 733. The molecular weight excluding hydrogens is 364 g/mol. The van der Waals surface area contributed by atoms with E-state index < -0.39 is 10.0 Å². The van der Waals surface area contributed by atoms with Crippen molar-refractivity contribution in [3.05, 3.63) is 59.7 Å². The summed E-state index contributed by atoms with van der Waals surface area (Å²) in [4.78, 5) is 0.150. The summed E-state index contributed by atoms with van der Waals surface area (Å²) in [7, 11) is -3.75. The fourth-order valence-electron chi connectivity index (χ4n) is 2.33. The highest BCUT2D eigenvalue weighted by molar-refractivity contribution is 9.08. The molecule has 0 saturated carbocycles. The van der Waals surface area contributed by atoms with Crippen molar-refractivity contribution < 1.29 is 8.42 Å². The molecule has 0 aliphatic carbocycles. The molecule has 22 heavy (non-hydrogen) atoms. The Morgan fingerprint density at radius 3 is 2.41 bits per heavy atom. The lowest BCUT2D eigenvalue weighted by Gasteiger charge is -2.19. The number of primary sulfonamides is 1. The second-order valence-electron chi connectivity index (χ2n) is 5.02. The minimum absolute atomic E-state index is 0.115. The van der Waals surface area contributed by atoms with E-state index in [0.717, 1.165) is 17.7 Å². The summed E-state index contributed by atoms with van der Waals surface area (Å²) in [5, 5.41) is 9.11. The van der Waals surface area contributed by atoms with Crippen molar-refractivity contribution in [1.29, 1.82) is 0 Å². The predicted molar refractivity (Wildman–Crippen MR) is 93.5 cm³/mol. The average molecular weight is 383 g/mol. The molecule has 0 aromatic heterocycles. The van der Waals surface area contributed by atoms with Crippen LogP contribution in [0.4, 0.5) is 5.69 Å². The summed E-state index contributed by atoms with van der Waals surface area (Å²) >= 11 is 3.29. The second kappa shape index (κ2) is 7.26. The van der Waals surface area contributed by atoms with Crippen molar-refractivity contribution in [3.8, 4) is 0 Å². The first-order valence-electron chi connectivity index (χ1n) is 6.99. The van der Waals surface area contributed by atoms with E-state index in [4.69, 9.17) is 5.14 Å². The van der Waals surface area contributed by atoms with Crippen LogP contribution in [-0.2, 0) is 15.4 Å². The number of nitrogens with one attached hydrogen (secondary N) is 1. The smallest absolute Gasteiger partial charge is 0.238 e. The molecule has 0 saturated heterocycles. The molecule has 118 valence electrons. The molecule has 3 N–H and O–H groups in total. The van der Waals surface area contributed by atoms with Crippen molar-refractivity contribution in [1.82, 2.24) is 0 Å². The van der Waals surface area contributed by atoms with Gasteiger partial charge in [0, 0.05) is 11.0 Å². The zero-order chi connectivity index (χ0) is 16.2. The fraction of sp³-hybridized carbons (Fsp3) is 0.250. The molecule has 0 aliphatic rings. The Balaban J connectivity index is 2.33. The number of benzene rings is 2. The third kappa shape index (κ3) is 4.09. The van der Waals surface area contributed by atoms with Gasteiger partial charge in [0.1, 0.15) is 0 Å². The molecule has 6 heteroatoms. The first kappa shape index (κ1) is 17.0. The van der Waals surface area contributed by atoms with Gasteiger partial charge in [-0.05, 0) is 29.7 Å². The van der Waals surface area contributed by atoms with Crippen LogP contribution in [0.1, 0.15) is 30.5 Å². The van der Waals surface area contributed by atoms with E-state index in [2.05, 4.69) is 40.3 Å². The SMILES string of the molecule is CC[C@H](Nc1ccc(CBr)c(S(N)(=O)=O)c1)c1ccccc1. The number of anilines is 1. The first-order valence-corrected chi connectivity index (χ1v) is 9.65. The summed E-state index contributed by atoms with van der Waals surface area (Å²) in [5.74, 6) is 0. The molecule has 0 fully saturated rings. The maximum absolute atomic E-state index is 11.7. The third-order valence-electron chi connectivity index (χ3n) is 3.47. The van der Waals surface area contributed by atoms with Crippen molar-refractivity contribution in [2.24, 2.45) is 5.14 Å². The number of halogens is 1. The number of alkyl halides is 1. The Hall–Kier alpha value is -1.37. The van der Waals surface area contributed by atoms with Crippen LogP contribution < -0.4 is 10.5 Å². The monoisotopic (exact) mass is 382 g/mol. The van der Waals surface area contributed by atoms with Gasteiger partial charge in [0.25, 0.3) is 0 Å². The summed E-state index contributed by atoms with van der Waals surface area (Å²) < 4.78 is 23.4. The van der Waals surface area contributed by atoms with Crippen LogP contribution in [-0.4, -0.2) is 8.42 Å².